The number of benzene rings is 1. The molecule has 148 valence electrons. The second-order valence-electron chi connectivity index (χ2n) is 7.19. The summed E-state index contributed by atoms with van der Waals surface area (Å²) in [7, 11) is 0. The molecular formula is C19H24N6O2S. The van der Waals surface area contributed by atoms with Crippen LogP contribution in [-0.4, -0.2) is 59.3 Å². The standard InChI is InChI=1S/C19H24N6O2S/c1-13(16(26)21-18-23-22-17(28-18)14-7-8-14)20-19(27)25-11-9-24(10-12-25)15-5-3-2-4-6-15/h2-6,13-14H,7-12H2,1H3,(H,20,27)(H,21,23,26)/t13-/m1/s1. The van der Waals surface area contributed by atoms with Gasteiger partial charge >= 0.3 is 6.03 Å². The average molecular weight is 401 g/mol. The molecular weight excluding hydrogens is 376 g/mol. The zero-order chi connectivity index (χ0) is 19.5. The van der Waals surface area contributed by atoms with E-state index in [1.165, 1.54) is 11.3 Å². The molecule has 9 heteroatoms. The van der Waals surface area contributed by atoms with Gasteiger partial charge in [-0.3, -0.25) is 10.1 Å². The van der Waals surface area contributed by atoms with Gasteiger partial charge in [0.05, 0.1) is 0 Å². The smallest absolute Gasteiger partial charge is 0.318 e. The van der Waals surface area contributed by atoms with Crippen molar-refractivity contribution in [2.45, 2.75) is 31.7 Å². The highest BCUT2D eigenvalue weighted by molar-refractivity contribution is 7.15. The Balaban J connectivity index is 1.24. The first-order chi connectivity index (χ1) is 13.6. The van der Waals surface area contributed by atoms with E-state index in [-0.39, 0.29) is 11.9 Å². The second kappa shape index (κ2) is 8.14. The fraction of sp³-hybridized carbons (Fsp3) is 0.474. The molecule has 1 aromatic carbocycles. The summed E-state index contributed by atoms with van der Waals surface area (Å²) in [5.74, 6) is 0.226. The van der Waals surface area contributed by atoms with Crippen molar-refractivity contribution in [2.24, 2.45) is 0 Å². The molecule has 0 unspecified atom stereocenters. The summed E-state index contributed by atoms with van der Waals surface area (Å²) in [4.78, 5) is 28.9. The second-order valence-corrected chi connectivity index (χ2v) is 8.20. The number of nitrogens with one attached hydrogen (secondary N) is 2. The lowest BCUT2D eigenvalue weighted by Crippen LogP contribution is -2.54. The van der Waals surface area contributed by atoms with Crippen LogP contribution < -0.4 is 15.5 Å². The van der Waals surface area contributed by atoms with Crippen molar-refractivity contribution in [1.82, 2.24) is 20.4 Å². The molecule has 1 aliphatic carbocycles. The summed E-state index contributed by atoms with van der Waals surface area (Å²) in [5, 5.41) is 15.1. The van der Waals surface area contributed by atoms with Gasteiger partial charge in [0.25, 0.3) is 0 Å². The van der Waals surface area contributed by atoms with Gasteiger partial charge in [-0.1, -0.05) is 29.5 Å². The third-order valence-corrected chi connectivity index (χ3v) is 6.02. The molecule has 2 fully saturated rings. The Morgan fingerprint density at radius 2 is 1.82 bits per heavy atom. The molecule has 1 atom stereocenters. The summed E-state index contributed by atoms with van der Waals surface area (Å²) >= 11 is 1.41. The first-order valence-electron chi connectivity index (χ1n) is 9.60. The number of amides is 3. The third-order valence-electron chi connectivity index (χ3n) is 5.02. The van der Waals surface area contributed by atoms with Crippen LogP contribution >= 0.6 is 11.3 Å². The molecule has 0 radical (unpaired) electrons. The number of nitrogens with zero attached hydrogens (tertiary/aromatic N) is 4. The van der Waals surface area contributed by atoms with Gasteiger partial charge in [-0.2, -0.15) is 0 Å². The molecule has 2 aromatic rings. The van der Waals surface area contributed by atoms with E-state index in [0.29, 0.717) is 24.1 Å². The fourth-order valence-electron chi connectivity index (χ4n) is 3.14. The lowest BCUT2D eigenvalue weighted by atomic mass is 10.2. The van der Waals surface area contributed by atoms with Gasteiger partial charge in [0.15, 0.2) is 0 Å². The van der Waals surface area contributed by atoms with Crippen LogP contribution in [0.3, 0.4) is 0 Å². The predicted molar refractivity (Wildman–Crippen MR) is 109 cm³/mol. The van der Waals surface area contributed by atoms with Crippen molar-refractivity contribution in [3.05, 3.63) is 35.3 Å². The molecule has 1 aliphatic heterocycles. The molecule has 0 bridgehead atoms. The SMILES string of the molecule is C[C@@H](NC(=O)N1CCN(c2ccccc2)CC1)C(=O)Nc1nnc(C2CC2)s1. The molecule has 1 saturated heterocycles. The van der Waals surface area contributed by atoms with Gasteiger partial charge in [0.1, 0.15) is 11.0 Å². The number of hydrogen-bond donors (Lipinski definition) is 2. The minimum Gasteiger partial charge on any atom is -0.368 e. The van der Waals surface area contributed by atoms with E-state index in [1.807, 2.05) is 18.2 Å². The Morgan fingerprint density at radius 1 is 1.11 bits per heavy atom. The number of carbonyl (C=O) groups excluding carboxylic acids is 2. The highest BCUT2D eigenvalue weighted by Crippen LogP contribution is 2.42. The quantitative estimate of drug-likeness (QED) is 0.804. The predicted octanol–water partition coefficient (Wildman–Crippen LogP) is 2.27. The van der Waals surface area contributed by atoms with Gasteiger partial charge in [-0.25, -0.2) is 4.79 Å². The number of piperazine rings is 1. The normalized spacial score (nSPS) is 17.9. The molecule has 2 heterocycles. The molecule has 0 spiro atoms. The van der Waals surface area contributed by atoms with Crippen LogP contribution in [0.1, 0.15) is 30.7 Å². The summed E-state index contributed by atoms with van der Waals surface area (Å²) in [6.45, 7) is 4.46. The van der Waals surface area contributed by atoms with Crippen molar-refractivity contribution in [3.8, 4) is 0 Å². The van der Waals surface area contributed by atoms with Gasteiger partial charge in [0, 0.05) is 37.8 Å². The van der Waals surface area contributed by atoms with E-state index in [9.17, 15) is 9.59 Å². The zero-order valence-electron chi connectivity index (χ0n) is 15.8. The fourth-order valence-corrected chi connectivity index (χ4v) is 4.06. The van der Waals surface area contributed by atoms with Crippen molar-refractivity contribution in [3.63, 3.8) is 0 Å². The molecule has 3 amide bonds. The molecule has 8 nitrogen and oxygen atoms in total. The van der Waals surface area contributed by atoms with Crippen LogP contribution in [0.4, 0.5) is 15.6 Å². The summed E-state index contributed by atoms with van der Waals surface area (Å²) in [5.41, 5.74) is 1.16. The first-order valence-corrected chi connectivity index (χ1v) is 10.4. The van der Waals surface area contributed by atoms with Crippen molar-refractivity contribution in [1.29, 1.82) is 0 Å². The summed E-state index contributed by atoms with van der Waals surface area (Å²) in [6.07, 6.45) is 2.29. The topological polar surface area (TPSA) is 90.5 Å². The highest BCUT2D eigenvalue weighted by atomic mass is 32.1. The minimum atomic E-state index is -0.645. The summed E-state index contributed by atoms with van der Waals surface area (Å²) < 4.78 is 0. The number of hydrogen-bond acceptors (Lipinski definition) is 6. The van der Waals surface area contributed by atoms with E-state index in [2.05, 4.69) is 37.9 Å². The lowest BCUT2D eigenvalue weighted by molar-refractivity contribution is -0.117. The maximum Gasteiger partial charge on any atom is 0.318 e. The number of carbonyl (C=O) groups is 2. The van der Waals surface area contributed by atoms with Crippen LogP contribution in [0.25, 0.3) is 0 Å². The van der Waals surface area contributed by atoms with Crippen LogP contribution in [-0.2, 0) is 4.79 Å². The monoisotopic (exact) mass is 400 g/mol. The Labute approximate surface area is 167 Å². The molecule has 4 rings (SSSR count). The maximum absolute atomic E-state index is 12.5. The summed E-state index contributed by atoms with van der Waals surface area (Å²) in [6, 6.07) is 9.31. The van der Waals surface area contributed by atoms with E-state index in [4.69, 9.17) is 0 Å². The van der Waals surface area contributed by atoms with Crippen molar-refractivity contribution < 1.29 is 9.59 Å². The maximum atomic E-state index is 12.5. The van der Waals surface area contributed by atoms with Gasteiger partial charge in [-0.15, -0.1) is 10.2 Å². The Morgan fingerprint density at radius 3 is 2.50 bits per heavy atom. The number of urea groups is 1. The van der Waals surface area contributed by atoms with E-state index in [1.54, 1.807) is 11.8 Å². The first kappa shape index (κ1) is 18.7. The molecule has 2 aliphatic rings. The Hall–Kier alpha value is -2.68. The largest absolute Gasteiger partial charge is 0.368 e. The van der Waals surface area contributed by atoms with E-state index >= 15 is 0 Å². The van der Waals surface area contributed by atoms with Gasteiger partial charge < -0.3 is 15.1 Å². The van der Waals surface area contributed by atoms with Crippen LogP contribution in [0.2, 0.25) is 0 Å². The van der Waals surface area contributed by atoms with Gasteiger partial charge in [0.2, 0.25) is 11.0 Å². The van der Waals surface area contributed by atoms with E-state index < -0.39 is 6.04 Å². The Bertz CT molecular complexity index is 830. The van der Waals surface area contributed by atoms with Gasteiger partial charge in [-0.05, 0) is 31.9 Å². The lowest BCUT2D eigenvalue weighted by Gasteiger charge is -2.36. The number of rotatable bonds is 5. The number of aromatic nitrogens is 2. The Kier molecular flexibility index (Phi) is 5.43. The molecule has 28 heavy (non-hydrogen) atoms. The van der Waals surface area contributed by atoms with Crippen LogP contribution in [0.5, 0.6) is 0 Å². The minimum absolute atomic E-state index is 0.216. The van der Waals surface area contributed by atoms with Crippen LogP contribution in [0, 0.1) is 0 Å². The average Bonchev–Trinajstić information content (AvgIpc) is 3.48. The van der Waals surface area contributed by atoms with Crippen molar-refractivity contribution in [2.75, 3.05) is 36.4 Å². The molecule has 1 aromatic heterocycles. The third kappa shape index (κ3) is 4.41. The highest BCUT2D eigenvalue weighted by Gasteiger charge is 2.28. The number of anilines is 2. The molecule has 1 saturated carbocycles. The zero-order valence-corrected chi connectivity index (χ0v) is 16.6. The van der Waals surface area contributed by atoms with Crippen LogP contribution in [0.15, 0.2) is 30.3 Å². The van der Waals surface area contributed by atoms with Crippen molar-refractivity contribution >= 4 is 34.1 Å². The van der Waals surface area contributed by atoms with E-state index in [0.717, 1.165) is 36.6 Å². The molecule has 2 N–H and O–H groups in total. The number of para-hydroxylation sites is 1.